The molecule has 0 fully saturated rings. The zero-order chi connectivity index (χ0) is 9.94. The van der Waals surface area contributed by atoms with Crippen LogP contribution in [0.4, 0.5) is 0 Å². The van der Waals surface area contributed by atoms with Crippen LogP contribution in [0.15, 0.2) is 0 Å². The summed E-state index contributed by atoms with van der Waals surface area (Å²) < 4.78 is 0. The van der Waals surface area contributed by atoms with Crippen molar-refractivity contribution in [2.24, 2.45) is 0 Å². The Morgan fingerprint density at radius 1 is 0.643 bits per heavy atom. The molecule has 0 saturated heterocycles. The molecule has 0 atom stereocenters. The van der Waals surface area contributed by atoms with Crippen LogP contribution in [0.1, 0.15) is 59.3 Å². The topological polar surface area (TPSA) is 38.2 Å². The number of hydrogen-bond donors (Lipinski definition) is 1. The lowest BCUT2D eigenvalue weighted by molar-refractivity contribution is 0.261. The van der Waals surface area contributed by atoms with Gasteiger partial charge in [-0.05, 0) is 38.9 Å². The SMILES string of the molecule is CCCCN(CCCC)CCCC.N. The van der Waals surface area contributed by atoms with Crippen LogP contribution in [-0.4, -0.2) is 24.5 Å². The summed E-state index contributed by atoms with van der Waals surface area (Å²) in [5.74, 6) is 0. The van der Waals surface area contributed by atoms with E-state index in [1.54, 1.807) is 0 Å². The zero-order valence-electron chi connectivity index (χ0n) is 10.5. The third kappa shape index (κ3) is 10.0. The van der Waals surface area contributed by atoms with Crippen molar-refractivity contribution in [1.29, 1.82) is 0 Å². The van der Waals surface area contributed by atoms with Crippen LogP contribution < -0.4 is 6.15 Å². The Kier molecular flexibility index (Phi) is 15.1. The van der Waals surface area contributed by atoms with Crippen molar-refractivity contribution >= 4 is 0 Å². The molecule has 0 aliphatic rings. The van der Waals surface area contributed by atoms with Crippen LogP contribution in [0.3, 0.4) is 0 Å². The lowest BCUT2D eigenvalue weighted by Crippen LogP contribution is -2.27. The Labute approximate surface area is 90.6 Å². The molecule has 0 spiro atoms. The predicted molar refractivity (Wildman–Crippen MR) is 66.2 cm³/mol. The summed E-state index contributed by atoms with van der Waals surface area (Å²) >= 11 is 0. The van der Waals surface area contributed by atoms with Gasteiger partial charge in [0, 0.05) is 0 Å². The number of hydrogen-bond acceptors (Lipinski definition) is 2. The quantitative estimate of drug-likeness (QED) is 0.616. The largest absolute Gasteiger partial charge is 0.344 e. The van der Waals surface area contributed by atoms with Crippen molar-refractivity contribution < 1.29 is 0 Å². The summed E-state index contributed by atoms with van der Waals surface area (Å²) in [5, 5.41) is 0. The van der Waals surface area contributed by atoms with Gasteiger partial charge >= 0.3 is 0 Å². The number of nitrogens with zero attached hydrogens (tertiary/aromatic N) is 1. The first-order chi connectivity index (χ1) is 6.35. The van der Waals surface area contributed by atoms with Gasteiger partial charge in [-0.15, -0.1) is 0 Å². The van der Waals surface area contributed by atoms with E-state index in [4.69, 9.17) is 0 Å². The summed E-state index contributed by atoms with van der Waals surface area (Å²) in [5.41, 5.74) is 0. The van der Waals surface area contributed by atoms with Gasteiger partial charge in [0.1, 0.15) is 0 Å². The minimum atomic E-state index is 0. The van der Waals surface area contributed by atoms with Crippen LogP contribution >= 0.6 is 0 Å². The van der Waals surface area contributed by atoms with Gasteiger partial charge in [0.2, 0.25) is 0 Å². The second-order valence-electron chi connectivity index (χ2n) is 3.90. The van der Waals surface area contributed by atoms with Crippen molar-refractivity contribution in [3.05, 3.63) is 0 Å². The van der Waals surface area contributed by atoms with E-state index in [0.29, 0.717) is 0 Å². The van der Waals surface area contributed by atoms with Crippen LogP contribution in [0.25, 0.3) is 0 Å². The highest BCUT2D eigenvalue weighted by Crippen LogP contribution is 2.01. The smallest absolute Gasteiger partial charge is 0.00188 e. The number of rotatable bonds is 9. The van der Waals surface area contributed by atoms with Gasteiger partial charge in [-0.2, -0.15) is 0 Å². The van der Waals surface area contributed by atoms with Crippen LogP contribution in [-0.2, 0) is 0 Å². The Bertz CT molecular complexity index is 75.3. The van der Waals surface area contributed by atoms with Crippen molar-refractivity contribution in [3.8, 4) is 0 Å². The first-order valence-electron chi connectivity index (χ1n) is 6.07. The molecule has 0 aromatic carbocycles. The standard InChI is InChI=1S/C12H27N.H3N/c1-4-7-10-13(11-8-5-2)12-9-6-3;/h4-12H2,1-3H3;1H3. The van der Waals surface area contributed by atoms with E-state index >= 15 is 0 Å². The minimum absolute atomic E-state index is 0. The van der Waals surface area contributed by atoms with Gasteiger partial charge in [0.05, 0.1) is 0 Å². The average molecular weight is 202 g/mol. The highest BCUT2D eigenvalue weighted by Gasteiger charge is 2.01. The van der Waals surface area contributed by atoms with Gasteiger partial charge in [-0.1, -0.05) is 40.0 Å². The third-order valence-electron chi connectivity index (χ3n) is 2.48. The van der Waals surface area contributed by atoms with E-state index in [1.807, 2.05) is 0 Å². The molecule has 0 aromatic rings. The van der Waals surface area contributed by atoms with E-state index < -0.39 is 0 Å². The maximum atomic E-state index is 2.64. The van der Waals surface area contributed by atoms with Crippen LogP contribution in [0.2, 0.25) is 0 Å². The lowest BCUT2D eigenvalue weighted by Gasteiger charge is -2.21. The Balaban J connectivity index is 0. The molecule has 2 heteroatoms. The maximum Gasteiger partial charge on any atom is -0.00188 e. The van der Waals surface area contributed by atoms with Gasteiger partial charge in [0.15, 0.2) is 0 Å². The fraction of sp³-hybridized carbons (Fsp3) is 1.00. The highest BCUT2D eigenvalue weighted by molar-refractivity contribution is 4.57. The molecule has 0 unspecified atom stereocenters. The first-order valence-corrected chi connectivity index (χ1v) is 6.07. The molecule has 0 aliphatic heterocycles. The van der Waals surface area contributed by atoms with Crippen molar-refractivity contribution in [2.75, 3.05) is 19.6 Å². The molecule has 14 heavy (non-hydrogen) atoms. The summed E-state index contributed by atoms with van der Waals surface area (Å²) in [6, 6.07) is 0. The molecule has 0 aromatic heterocycles. The van der Waals surface area contributed by atoms with E-state index in [-0.39, 0.29) is 6.15 Å². The van der Waals surface area contributed by atoms with Gasteiger partial charge < -0.3 is 11.1 Å². The predicted octanol–water partition coefficient (Wildman–Crippen LogP) is 3.85. The summed E-state index contributed by atoms with van der Waals surface area (Å²) in [7, 11) is 0. The van der Waals surface area contributed by atoms with Crippen LogP contribution in [0.5, 0.6) is 0 Å². The maximum absolute atomic E-state index is 2.64. The molecule has 3 N–H and O–H groups in total. The number of unbranched alkanes of at least 4 members (excludes halogenated alkanes) is 3. The van der Waals surface area contributed by atoms with Crippen molar-refractivity contribution in [2.45, 2.75) is 59.3 Å². The lowest BCUT2D eigenvalue weighted by atomic mass is 10.2. The second kappa shape index (κ2) is 12.9. The van der Waals surface area contributed by atoms with Gasteiger partial charge in [-0.25, -0.2) is 0 Å². The summed E-state index contributed by atoms with van der Waals surface area (Å²) in [6.45, 7) is 10.8. The minimum Gasteiger partial charge on any atom is -0.344 e. The normalized spacial score (nSPS) is 10.3. The van der Waals surface area contributed by atoms with Crippen molar-refractivity contribution in [1.82, 2.24) is 11.1 Å². The summed E-state index contributed by atoms with van der Waals surface area (Å²) in [4.78, 5) is 2.64. The highest BCUT2D eigenvalue weighted by atomic mass is 15.1. The first kappa shape index (κ1) is 16.4. The van der Waals surface area contributed by atoms with E-state index in [9.17, 15) is 0 Å². The average Bonchev–Trinajstić information content (AvgIpc) is 2.17. The second-order valence-corrected chi connectivity index (χ2v) is 3.90. The fourth-order valence-corrected chi connectivity index (χ4v) is 1.48. The van der Waals surface area contributed by atoms with E-state index in [0.717, 1.165) is 0 Å². The molecule has 88 valence electrons. The van der Waals surface area contributed by atoms with Crippen molar-refractivity contribution in [3.63, 3.8) is 0 Å². The monoisotopic (exact) mass is 202 g/mol. The van der Waals surface area contributed by atoms with Gasteiger partial charge in [-0.3, -0.25) is 0 Å². The molecule has 0 bridgehead atoms. The molecule has 0 saturated carbocycles. The molecule has 0 amide bonds. The third-order valence-corrected chi connectivity index (χ3v) is 2.48. The molecule has 0 rings (SSSR count). The molecular formula is C12H30N2. The molecule has 0 aliphatic carbocycles. The van der Waals surface area contributed by atoms with Gasteiger partial charge in [0.25, 0.3) is 0 Å². The molecule has 2 nitrogen and oxygen atoms in total. The Morgan fingerprint density at radius 2 is 0.929 bits per heavy atom. The zero-order valence-corrected chi connectivity index (χ0v) is 10.5. The molecule has 0 heterocycles. The summed E-state index contributed by atoms with van der Waals surface area (Å²) in [6.07, 6.45) is 8.09. The fourth-order valence-electron chi connectivity index (χ4n) is 1.48. The molecular weight excluding hydrogens is 172 g/mol. The Hall–Kier alpha value is -0.0800. The molecule has 0 radical (unpaired) electrons. The van der Waals surface area contributed by atoms with E-state index in [2.05, 4.69) is 25.7 Å². The van der Waals surface area contributed by atoms with E-state index in [1.165, 1.54) is 58.2 Å². The van der Waals surface area contributed by atoms with Crippen LogP contribution in [0, 0.1) is 0 Å². The Morgan fingerprint density at radius 3 is 1.14 bits per heavy atom.